The molecule has 0 saturated carbocycles. The number of alkyl halides is 3. The van der Waals surface area contributed by atoms with E-state index < -0.39 is 12.7 Å². The fourth-order valence-electron chi connectivity index (χ4n) is 3.60. The van der Waals surface area contributed by atoms with Crippen molar-refractivity contribution < 1.29 is 27.2 Å². The molecule has 0 aliphatic carbocycles. The van der Waals surface area contributed by atoms with Crippen molar-refractivity contribution in [3.8, 4) is 11.4 Å². The zero-order valence-corrected chi connectivity index (χ0v) is 15.0. The maximum absolute atomic E-state index is 12.5. The van der Waals surface area contributed by atoms with Gasteiger partial charge < -0.3 is 9.26 Å². The molecule has 4 rings (SSSR count). The van der Waals surface area contributed by atoms with Crippen molar-refractivity contribution >= 4 is 11.8 Å². The summed E-state index contributed by atoms with van der Waals surface area (Å²) in [5.41, 5.74) is 1.46. The van der Waals surface area contributed by atoms with Gasteiger partial charge in [0.1, 0.15) is 6.61 Å². The van der Waals surface area contributed by atoms with Crippen molar-refractivity contribution in [3.05, 3.63) is 30.2 Å². The summed E-state index contributed by atoms with van der Waals surface area (Å²) in [5, 5.41) is 3.96. The lowest BCUT2D eigenvalue weighted by atomic mass is 10.1. The highest BCUT2D eigenvalue weighted by molar-refractivity contribution is 5.89. The van der Waals surface area contributed by atoms with Crippen LogP contribution in [0.3, 0.4) is 0 Å². The molecule has 0 radical (unpaired) electrons. The average Bonchev–Trinajstić information content (AvgIpc) is 3.36. The number of likely N-dealkylation sites (tertiary alicyclic amines) is 1. The Labute approximate surface area is 159 Å². The Bertz CT molecular complexity index is 837. The van der Waals surface area contributed by atoms with Gasteiger partial charge in [0.05, 0.1) is 13.1 Å². The number of cyclic esters (lactones) is 1. The molecule has 1 amide bonds. The van der Waals surface area contributed by atoms with E-state index in [2.05, 4.69) is 10.1 Å². The minimum absolute atomic E-state index is 0.0687. The Hall–Kier alpha value is -2.62. The van der Waals surface area contributed by atoms with Gasteiger partial charge in [-0.2, -0.15) is 18.2 Å². The highest BCUT2D eigenvalue weighted by Gasteiger charge is 2.34. The average molecular weight is 396 g/mol. The number of rotatable bonds is 5. The van der Waals surface area contributed by atoms with E-state index in [-0.39, 0.29) is 12.0 Å². The maximum atomic E-state index is 12.5. The Morgan fingerprint density at radius 1 is 1.18 bits per heavy atom. The number of ether oxygens (including phenoxy) is 1. The molecule has 28 heavy (non-hydrogen) atoms. The minimum atomic E-state index is -4.18. The summed E-state index contributed by atoms with van der Waals surface area (Å²) in [6.45, 7) is 0.798. The molecule has 1 unspecified atom stereocenters. The second-order valence-corrected chi connectivity index (χ2v) is 7.03. The number of anilines is 1. The van der Waals surface area contributed by atoms with E-state index in [9.17, 15) is 18.0 Å². The van der Waals surface area contributed by atoms with Gasteiger partial charge in [-0.1, -0.05) is 5.16 Å². The van der Waals surface area contributed by atoms with Gasteiger partial charge in [-0.3, -0.25) is 9.80 Å². The lowest BCUT2D eigenvalue weighted by Gasteiger charge is -2.17. The van der Waals surface area contributed by atoms with E-state index in [0.717, 1.165) is 11.3 Å². The lowest BCUT2D eigenvalue weighted by molar-refractivity contribution is -0.143. The quantitative estimate of drug-likeness (QED) is 0.773. The van der Waals surface area contributed by atoms with E-state index >= 15 is 0 Å². The van der Waals surface area contributed by atoms with Crippen molar-refractivity contribution in [3.63, 3.8) is 0 Å². The zero-order valence-electron chi connectivity index (χ0n) is 15.0. The third-order valence-corrected chi connectivity index (χ3v) is 4.90. The molecule has 0 spiro atoms. The van der Waals surface area contributed by atoms with Crippen molar-refractivity contribution in [2.45, 2.75) is 19.0 Å². The summed E-state index contributed by atoms with van der Waals surface area (Å²) in [7, 11) is 0. The molecule has 1 atom stereocenters. The van der Waals surface area contributed by atoms with Gasteiger partial charge in [0.25, 0.3) is 0 Å². The third kappa shape index (κ3) is 4.27. The SMILES string of the molecule is O=C1OCCN1c1ccc(-c2noc(CC3CCN(CC(F)(F)F)C3)n2)cc1. The molecule has 2 aliphatic rings. The van der Waals surface area contributed by atoms with Crippen LogP contribution in [0.15, 0.2) is 28.8 Å². The molecule has 1 aromatic heterocycles. The normalized spacial score (nSPS) is 20.8. The van der Waals surface area contributed by atoms with Crippen LogP contribution in [0.4, 0.5) is 23.7 Å². The highest BCUT2D eigenvalue weighted by Crippen LogP contribution is 2.26. The van der Waals surface area contributed by atoms with Crippen LogP contribution in [0.5, 0.6) is 0 Å². The Morgan fingerprint density at radius 2 is 1.96 bits per heavy atom. The van der Waals surface area contributed by atoms with Crippen LogP contribution in [-0.2, 0) is 11.2 Å². The fraction of sp³-hybridized carbons (Fsp3) is 0.500. The monoisotopic (exact) mass is 396 g/mol. The first-order chi connectivity index (χ1) is 13.4. The van der Waals surface area contributed by atoms with E-state index in [1.807, 2.05) is 0 Å². The Balaban J connectivity index is 1.36. The summed E-state index contributed by atoms with van der Waals surface area (Å²) in [5.74, 6) is 0.899. The fourth-order valence-corrected chi connectivity index (χ4v) is 3.60. The van der Waals surface area contributed by atoms with Crippen LogP contribution < -0.4 is 4.90 Å². The third-order valence-electron chi connectivity index (χ3n) is 4.90. The van der Waals surface area contributed by atoms with Gasteiger partial charge in [0.2, 0.25) is 11.7 Å². The van der Waals surface area contributed by atoms with Crippen molar-refractivity contribution in [2.75, 3.05) is 37.7 Å². The van der Waals surface area contributed by atoms with Gasteiger partial charge >= 0.3 is 12.3 Å². The van der Waals surface area contributed by atoms with Gasteiger partial charge in [-0.15, -0.1) is 0 Å². The number of amides is 1. The Kier molecular flexibility index (Phi) is 4.96. The molecular weight excluding hydrogens is 377 g/mol. The van der Waals surface area contributed by atoms with Crippen molar-refractivity contribution in [1.29, 1.82) is 0 Å². The van der Waals surface area contributed by atoms with Crippen LogP contribution in [0.25, 0.3) is 11.4 Å². The number of hydrogen-bond donors (Lipinski definition) is 0. The first-order valence-corrected chi connectivity index (χ1v) is 9.04. The van der Waals surface area contributed by atoms with E-state index in [1.165, 1.54) is 9.80 Å². The van der Waals surface area contributed by atoms with Gasteiger partial charge in [0.15, 0.2) is 0 Å². The molecule has 2 fully saturated rings. The molecule has 1 aromatic carbocycles. The number of carbonyl (C=O) groups is 1. The molecule has 150 valence electrons. The largest absolute Gasteiger partial charge is 0.447 e. The second-order valence-electron chi connectivity index (χ2n) is 7.03. The standard InChI is InChI=1S/C18H19F3N4O3/c19-18(20,21)11-24-6-5-12(10-24)9-15-22-16(23-28-15)13-1-3-14(4-2-13)25-7-8-27-17(25)26/h1-4,12H,5-11H2. The predicted octanol–water partition coefficient (Wildman–Crippen LogP) is 3.12. The van der Waals surface area contributed by atoms with E-state index in [0.29, 0.717) is 50.8 Å². The van der Waals surface area contributed by atoms with Gasteiger partial charge in [0, 0.05) is 24.2 Å². The predicted molar refractivity (Wildman–Crippen MR) is 92.7 cm³/mol. The summed E-state index contributed by atoms with van der Waals surface area (Å²) in [6.07, 6.45) is -3.41. The zero-order chi connectivity index (χ0) is 19.7. The number of aromatic nitrogens is 2. The van der Waals surface area contributed by atoms with Crippen molar-refractivity contribution in [2.24, 2.45) is 5.92 Å². The summed E-state index contributed by atoms with van der Waals surface area (Å²) in [6, 6.07) is 7.14. The van der Waals surface area contributed by atoms with Gasteiger partial charge in [-0.05, 0) is 43.1 Å². The molecule has 2 aliphatic heterocycles. The van der Waals surface area contributed by atoms with E-state index in [4.69, 9.17) is 9.26 Å². The molecule has 2 aromatic rings. The molecule has 7 nitrogen and oxygen atoms in total. The second kappa shape index (κ2) is 7.42. The first-order valence-electron chi connectivity index (χ1n) is 9.04. The molecular formula is C18H19F3N4O3. The topological polar surface area (TPSA) is 71.7 Å². The molecule has 0 N–H and O–H groups in total. The van der Waals surface area contributed by atoms with Crippen LogP contribution in [0, 0.1) is 5.92 Å². The van der Waals surface area contributed by atoms with Crippen LogP contribution in [-0.4, -0.2) is 60.1 Å². The van der Waals surface area contributed by atoms with Crippen LogP contribution in [0.1, 0.15) is 12.3 Å². The molecule has 10 heteroatoms. The summed E-state index contributed by atoms with van der Waals surface area (Å²) < 4.78 is 47.7. The number of carbonyl (C=O) groups excluding carboxylic acids is 1. The summed E-state index contributed by atoms with van der Waals surface area (Å²) in [4.78, 5) is 18.9. The van der Waals surface area contributed by atoms with Crippen molar-refractivity contribution in [1.82, 2.24) is 15.0 Å². The lowest BCUT2D eigenvalue weighted by Crippen LogP contribution is -2.32. The smallest absolute Gasteiger partial charge is 0.414 e. The highest BCUT2D eigenvalue weighted by atomic mass is 19.4. The number of halogens is 3. The number of hydrogen-bond acceptors (Lipinski definition) is 6. The minimum Gasteiger partial charge on any atom is -0.447 e. The first kappa shape index (κ1) is 18.7. The molecule has 0 bridgehead atoms. The Morgan fingerprint density at radius 3 is 2.64 bits per heavy atom. The summed E-state index contributed by atoms with van der Waals surface area (Å²) >= 11 is 0. The maximum Gasteiger partial charge on any atom is 0.414 e. The van der Waals surface area contributed by atoms with Gasteiger partial charge in [-0.25, -0.2) is 4.79 Å². The number of nitrogens with zero attached hydrogens (tertiary/aromatic N) is 4. The van der Waals surface area contributed by atoms with Crippen LogP contribution >= 0.6 is 0 Å². The van der Waals surface area contributed by atoms with Crippen LogP contribution in [0.2, 0.25) is 0 Å². The molecule has 2 saturated heterocycles. The molecule has 3 heterocycles. The van der Waals surface area contributed by atoms with E-state index in [1.54, 1.807) is 24.3 Å². The number of benzene rings is 1.